The molecule has 1 aliphatic carbocycles. The number of rotatable bonds is 6. The Balaban J connectivity index is 1.69. The first-order chi connectivity index (χ1) is 11.5. The van der Waals surface area contributed by atoms with E-state index in [-0.39, 0.29) is 11.9 Å². The van der Waals surface area contributed by atoms with Gasteiger partial charge in [0.1, 0.15) is 5.54 Å². The van der Waals surface area contributed by atoms with Crippen LogP contribution >= 0.6 is 11.3 Å². The van der Waals surface area contributed by atoms with Gasteiger partial charge in [0.15, 0.2) is 0 Å². The maximum Gasteiger partial charge on any atom is 0.326 e. The van der Waals surface area contributed by atoms with Crippen LogP contribution in [0.2, 0.25) is 0 Å². The van der Waals surface area contributed by atoms with Crippen LogP contribution in [0, 0.1) is 5.92 Å². The zero-order valence-electron chi connectivity index (χ0n) is 14.2. The van der Waals surface area contributed by atoms with Gasteiger partial charge in [-0.2, -0.15) is 0 Å². The van der Waals surface area contributed by atoms with Gasteiger partial charge in [0.05, 0.1) is 6.67 Å². The molecule has 0 aromatic carbocycles. The molecular weight excluding hydrogens is 322 g/mol. The maximum absolute atomic E-state index is 12.9. The predicted molar refractivity (Wildman–Crippen MR) is 95.5 cm³/mol. The standard InChI is InChI=1S/C18H25N3O2S/c1-3-10-20(12-15-5-4-11-24-15)13-21-16(22)18(19-17(21)23)8-6-14(2)7-9-18/h3-5,11,14H,1,6-10,12-13H2,2H3,(H,19,23). The first kappa shape index (κ1) is 17.2. The third-order valence-electron chi connectivity index (χ3n) is 5.06. The van der Waals surface area contributed by atoms with E-state index in [9.17, 15) is 9.59 Å². The molecule has 1 aromatic rings. The maximum atomic E-state index is 12.9. The Morgan fingerprint density at radius 3 is 2.83 bits per heavy atom. The van der Waals surface area contributed by atoms with Crippen LogP contribution in [0.4, 0.5) is 4.79 Å². The molecule has 1 spiro atoms. The summed E-state index contributed by atoms with van der Waals surface area (Å²) in [6.45, 7) is 7.66. The smallest absolute Gasteiger partial charge is 0.323 e. The summed E-state index contributed by atoms with van der Waals surface area (Å²) >= 11 is 1.68. The lowest BCUT2D eigenvalue weighted by molar-refractivity contribution is -0.134. The average Bonchev–Trinajstić information content (AvgIpc) is 3.14. The quantitative estimate of drug-likeness (QED) is 0.635. The number of hydrogen-bond acceptors (Lipinski definition) is 4. The van der Waals surface area contributed by atoms with Crippen molar-refractivity contribution in [1.82, 2.24) is 15.1 Å². The summed E-state index contributed by atoms with van der Waals surface area (Å²) in [4.78, 5) is 30.0. The monoisotopic (exact) mass is 347 g/mol. The van der Waals surface area contributed by atoms with Crippen molar-refractivity contribution in [2.75, 3.05) is 13.2 Å². The first-order valence-electron chi connectivity index (χ1n) is 8.54. The number of nitrogens with zero attached hydrogens (tertiary/aromatic N) is 2. The number of hydrogen-bond donors (Lipinski definition) is 1. The summed E-state index contributed by atoms with van der Waals surface area (Å²) in [5.41, 5.74) is -0.660. The predicted octanol–water partition coefficient (Wildman–Crippen LogP) is 3.19. The molecule has 5 nitrogen and oxygen atoms in total. The Morgan fingerprint density at radius 2 is 2.21 bits per heavy atom. The van der Waals surface area contributed by atoms with Crippen LogP contribution in [0.1, 0.15) is 37.5 Å². The molecule has 130 valence electrons. The molecule has 0 atom stereocenters. The second kappa shape index (κ2) is 7.07. The van der Waals surface area contributed by atoms with Crippen LogP contribution in [-0.2, 0) is 11.3 Å². The van der Waals surface area contributed by atoms with Crippen molar-refractivity contribution >= 4 is 23.3 Å². The molecule has 1 N–H and O–H groups in total. The third kappa shape index (κ3) is 3.39. The third-order valence-corrected chi connectivity index (χ3v) is 5.92. The minimum absolute atomic E-state index is 0.0559. The van der Waals surface area contributed by atoms with Crippen LogP contribution < -0.4 is 5.32 Å². The van der Waals surface area contributed by atoms with E-state index in [0.717, 1.165) is 25.7 Å². The van der Waals surface area contributed by atoms with E-state index in [1.54, 1.807) is 11.3 Å². The Hall–Kier alpha value is -1.66. The fourth-order valence-electron chi connectivity index (χ4n) is 3.58. The number of urea groups is 1. The molecule has 2 heterocycles. The Morgan fingerprint density at radius 1 is 1.46 bits per heavy atom. The van der Waals surface area contributed by atoms with Gasteiger partial charge in [-0.05, 0) is 43.0 Å². The fraction of sp³-hybridized carbons (Fsp3) is 0.556. The minimum Gasteiger partial charge on any atom is -0.323 e. The van der Waals surface area contributed by atoms with Crippen LogP contribution in [0.5, 0.6) is 0 Å². The van der Waals surface area contributed by atoms with Crippen molar-refractivity contribution in [3.63, 3.8) is 0 Å². The van der Waals surface area contributed by atoms with Gasteiger partial charge >= 0.3 is 6.03 Å². The Labute approximate surface area is 147 Å². The summed E-state index contributed by atoms with van der Waals surface area (Å²) in [7, 11) is 0. The molecule has 24 heavy (non-hydrogen) atoms. The summed E-state index contributed by atoms with van der Waals surface area (Å²) < 4.78 is 0. The van der Waals surface area contributed by atoms with E-state index in [1.807, 2.05) is 17.5 Å². The highest BCUT2D eigenvalue weighted by atomic mass is 32.1. The molecule has 0 radical (unpaired) electrons. The van der Waals surface area contributed by atoms with Crippen LogP contribution in [0.25, 0.3) is 0 Å². The lowest BCUT2D eigenvalue weighted by Crippen LogP contribution is -2.50. The van der Waals surface area contributed by atoms with Crippen molar-refractivity contribution in [1.29, 1.82) is 0 Å². The van der Waals surface area contributed by atoms with Crippen molar-refractivity contribution in [3.8, 4) is 0 Å². The molecule has 1 aromatic heterocycles. The molecule has 3 rings (SSSR count). The van der Waals surface area contributed by atoms with Gasteiger partial charge in [-0.25, -0.2) is 9.69 Å². The molecule has 0 unspecified atom stereocenters. The highest BCUT2D eigenvalue weighted by molar-refractivity contribution is 7.09. The largest absolute Gasteiger partial charge is 0.326 e. The first-order valence-corrected chi connectivity index (χ1v) is 9.42. The molecule has 0 bridgehead atoms. The Bertz CT molecular complexity index is 606. The molecule has 1 aliphatic heterocycles. The Kier molecular flexibility index (Phi) is 5.06. The summed E-state index contributed by atoms with van der Waals surface area (Å²) in [6, 6.07) is 3.82. The number of carbonyl (C=O) groups excluding carboxylic acids is 2. The molecule has 1 saturated carbocycles. The van der Waals surface area contributed by atoms with Gasteiger partial charge in [0, 0.05) is 18.0 Å². The van der Waals surface area contributed by atoms with Crippen molar-refractivity contribution in [2.45, 2.75) is 44.7 Å². The minimum atomic E-state index is -0.660. The summed E-state index contributed by atoms with van der Waals surface area (Å²) in [6.07, 6.45) is 5.30. The number of carbonyl (C=O) groups is 2. The van der Waals surface area contributed by atoms with E-state index in [1.165, 1.54) is 9.78 Å². The van der Waals surface area contributed by atoms with E-state index in [0.29, 0.717) is 25.7 Å². The summed E-state index contributed by atoms with van der Waals surface area (Å²) in [5, 5.41) is 5.02. The van der Waals surface area contributed by atoms with E-state index >= 15 is 0 Å². The number of thiophene rings is 1. The second-order valence-corrected chi connectivity index (χ2v) is 7.98. The topological polar surface area (TPSA) is 52.6 Å². The highest BCUT2D eigenvalue weighted by Crippen LogP contribution is 2.36. The van der Waals surface area contributed by atoms with Crippen molar-refractivity contribution < 1.29 is 9.59 Å². The van der Waals surface area contributed by atoms with Gasteiger partial charge in [-0.1, -0.05) is 19.1 Å². The van der Waals surface area contributed by atoms with Gasteiger partial charge in [0.2, 0.25) is 0 Å². The summed E-state index contributed by atoms with van der Waals surface area (Å²) in [5.74, 6) is 0.574. The SMILES string of the molecule is C=CCN(Cc1cccs1)CN1C(=O)NC2(CCC(C)CC2)C1=O. The number of nitrogens with one attached hydrogen (secondary N) is 1. The van der Waals surface area contributed by atoms with E-state index in [4.69, 9.17) is 0 Å². The molecule has 1 saturated heterocycles. The van der Waals surface area contributed by atoms with Crippen molar-refractivity contribution in [3.05, 3.63) is 35.0 Å². The van der Waals surface area contributed by atoms with Gasteiger partial charge in [-0.3, -0.25) is 9.69 Å². The lowest BCUT2D eigenvalue weighted by atomic mass is 9.77. The highest BCUT2D eigenvalue weighted by Gasteiger charge is 2.52. The number of amides is 3. The normalized spacial score (nSPS) is 27.1. The average molecular weight is 347 g/mol. The van der Waals surface area contributed by atoms with E-state index < -0.39 is 5.54 Å². The van der Waals surface area contributed by atoms with Gasteiger partial charge in [0.25, 0.3) is 5.91 Å². The molecular formula is C18H25N3O2S. The number of imide groups is 1. The second-order valence-electron chi connectivity index (χ2n) is 6.95. The molecule has 2 fully saturated rings. The van der Waals surface area contributed by atoms with Crippen LogP contribution in [0.3, 0.4) is 0 Å². The molecule has 6 heteroatoms. The zero-order chi connectivity index (χ0) is 17.2. The van der Waals surface area contributed by atoms with Crippen LogP contribution in [-0.4, -0.2) is 40.5 Å². The van der Waals surface area contributed by atoms with Crippen LogP contribution in [0.15, 0.2) is 30.2 Å². The lowest BCUT2D eigenvalue weighted by Gasteiger charge is -2.34. The molecule has 3 amide bonds. The van der Waals surface area contributed by atoms with E-state index in [2.05, 4.69) is 29.8 Å². The van der Waals surface area contributed by atoms with Gasteiger partial charge < -0.3 is 5.32 Å². The zero-order valence-corrected chi connectivity index (χ0v) is 15.0. The van der Waals surface area contributed by atoms with Gasteiger partial charge in [-0.15, -0.1) is 17.9 Å². The fourth-order valence-corrected chi connectivity index (χ4v) is 4.32. The van der Waals surface area contributed by atoms with Crippen molar-refractivity contribution in [2.24, 2.45) is 5.92 Å². The molecule has 2 aliphatic rings.